The zero-order valence-electron chi connectivity index (χ0n) is 10.6. The van der Waals surface area contributed by atoms with E-state index in [0.717, 1.165) is 22.5 Å². The van der Waals surface area contributed by atoms with Gasteiger partial charge in [-0.05, 0) is 30.8 Å². The molecule has 0 unspecified atom stereocenters. The maximum Gasteiger partial charge on any atom is 0.178 e. The van der Waals surface area contributed by atoms with E-state index in [9.17, 15) is 0 Å². The molecule has 2 heterocycles. The Bertz CT molecular complexity index is 832. The summed E-state index contributed by atoms with van der Waals surface area (Å²) in [6, 6.07) is 3.63. The Morgan fingerprint density at radius 1 is 1.35 bits per heavy atom. The molecule has 3 nitrogen and oxygen atoms in total. The molecule has 3 aromatic rings. The molecule has 104 valence electrons. The highest BCUT2D eigenvalue weighted by atomic mass is 35.5. The number of H-pyrrole nitrogens is 1. The second kappa shape index (κ2) is 5.48. The molecule has 1 aromatic carbocycles. The maximum atomic E-state index is 6.09. The standard InChI is InChI=1S/C13H11Cl2N3S2/c1-2-7-5-16-12(20-7)6-18-11-4-9(15)8(14)3-10(11)17-13(18)19/h3-5H,2,6H2,1H3,(H,17,19). The molecule has 7 heteroatoms. The number of aromatic nitrogens is 3. The Balaban J connectivity index is 2.08. The molecule has 0 aliphatic rings. The van der Waals surface area contributed by atoms with E-state index in [2.05, 4.69) is 16.9 Å². The predicted molar refractivity (Wildman–Crippen MR) is 87.7 cm³/mol. The molecule has 0 radical (unpaired) electrons. The first kappa shape index (κ1) is 14.1. The second-order valence-corrected chi connectivity index (χ2v) is 6.77. The summed E-state index contributed by atoms with van der Waals surface area (Å²) >= 11 is 19.2. The number of hydrogen-bond donors (Lipinski definition) is 1. The lowest BCUT2D eigenvalue weighted by molar-refractivity contribution is 0.803. The summed E-state index contributed by atoms with van der Waals surface area (Å²) in [5.74, 6) is 0. The first-order chi connectivity index (χ1) is 9.58. The van der Waals surface area contributed by atoms with Gasteiger partial charge in [0.15, 0.2) is 4.77 Å². The number of rotatable bonds is 3. The van der Waals surface area contributed by atoms with Crippen LogP contribution in [0.5, 0.6) is 0 Å². The SMILES string of the molecule is CCc1cnc(Cn2c(=S)[nH]c3cc(Cl)c(Cl)cc32)s1. The lowest BCUT2D eigenvalue weighted by Crippen LogP contribution is -1.98. The highest BCUT2D eigenvalue weighted by Gasteiger charge is 2.10. The molecule has 0 aliphatic heterocycles. The third-order valence-electron chi connectivity index (χ3n) is 3.06. The first-order valence-electron chi connectivity index (χ1n) is 6.09. The normalized spacial score (nSPS) is 11.3. The number of aromatic amines is 1. The Morgan fingerprint density at radius 3 is 2.80 bits per heavy atom. The fraction of sp³-hybridized carbons (Fsp3) is 0.231. The van der Waals surface area contributed by atoms with Crippen LogP contribution in [0.1, 0.15) is 16.8 Å². The van der Waals surface area contributed by atoms with Gasteiger partial charge in [-0.1, -0.05) is 30.1 Å². The number of nitrogens with one attached hydrogen (secondary N) is 1. The molecule has 0 spiro atoms. The Labute approximate surface area is 135 Å². The molecule has 0 amide bonds. The van der Waals surface area contributed by atoms with Crippen LogP contribution in [-0.4, -0.2) is 14.5 Å². The lowest BCUT2D eigenvalue weighted by Gasteiger charge is -2.02. The first-order valence-corrected chi connectivity index (χ1v) is 8.07. The molecular formula is C13H11Cl2N3S2. The van der Waals surface area contributed by atoms with Crippen molar-refractivity contribution in [2.75, 3.05) is 0 Å². The minimum atomic E-state index is 0.519. The van der Waals surface area contributed by atoms with E-state index >= 15 is 0 Å². The molecule has 20 heavy (non-hydrogen) atoms. The van der Waals surface area contributed by atoms with Crippen LogP contribution >= 0.6 is 46.8 Å². The predicted octanol–water partition coefficient (Wildman–Crippen LogP) is 5.07. The van der Waals surface area contributed by atoms with Gasteiger partial charge in [-0.15, -0.1) is 11.3 Å². The van der Waals surface area contributed by atoms with E-state index < -0.39 is 0 Å². The van der Waals surface area contributed by atoms with Gasteiger partial charge >= 0.3 is 0 Å². The zero-order chi connectivity index (χ0) is 14.3. The van der Waals surface area contributed by atoms with Crippen LogP contribution in [0.25, 0.3) is 11.0 Å². The van der Waals surface area contributed by atoms with Crippen molar-refractivity contribution in [1.82, 2.24) is 14.5 Å². The fourth-order valence-electron chi connectivity index (χ4n) is 2.03. The zero-order valence-corrected chi connectivity index (χ0v) is 13.8. The number of halogens is 2. The topological polar surface area (TPSA) is 33.6 Å². The molecule has 1 N–H and O–H groups in total. The number of nitrogens with zero attached hydrogens (tertiary/aromatic N) is 2. The van der Waals surface area contributed by atoms with Gasteiger partial charge in [0.1, 0.15) is 5.01 Å². The molecule has 0 atom stereocenters. The average Bonchev–Trinajstić information content (AvgIpc) is 2.98. The summed E-state index contributed by atoms with van der Waals surface area (Å²) in [5, 5.41) is 2.07. The fourth-order valence-corrected chi connectivity index (χ4v) is 3.47. The van der Waals surface area contributed by atoms with E-state index in [0.29, 0.717) is 21.4 Å². The van der Waals surface area contributed by atoms with Crippen LogP contribution in [0.3, 0.4) is 0 Å². The van der Waals surface area contributed by atoms with Crippen molar-refractivity contribution in [1.29, 1.82) is 0 Å². The summed E-state index contributed by atoms with van der Waals surface area (Å²) in [6.45, 7) is 2.76. The van der Waals surface area contributed by atoms with E-state index in [1.54, 1.807) is 17.4 Å². The Kier molecular flexibility index (Phi) is 3.86. The highest BCUT2D eigenvalue weighted by molar-refractivity contribution is 7.71. The summed E-state index contributed by atoms with van der Waals surface area (Å²) in [5.41, 5.74) is 1.83. The second-order valence-electron chi connectivity index (χ2n) is 4.37. The number of imidazole rings is 1. The molecule has 2 aromatic heterocycles. The summed E-state index contributed by atoms with van der Waals surface area (Å²) in [6.07, 6.45) is 2.92. The summed E-state index contributed by atoms with van der Waals surface area (Å²) in [4.78, 5) is 8.85. The third kappa shape index (κ3) is 2.51. The summed E-state index contributed by atoms with van der Waals surface area (Å²) < 4.78 is 2.64. The van der Waals surface area contributed by atoms with Gasteiger partial charge < -0.3 is 9.55 Å². The molecule has 0 bridgehead atoms. The van der Waals surface area contributed by atoms with Crippen molar-refractivity contribution in [3.05, 3.63) is 43.0 Å². The number of benzene rings is 1. The molecule has 0 aliphatic carbocycles. The van der Waals surface area contributed by atoms with Crippen molar-refractivity contribution in [3.8, 4) is 0 Å². The van der Waals surface area contributed by atoms with Gasteiger partial charge in [0.2, 0.25) is 0 Å². The van der Waals surface area contributed by atoms with Gasteiger partial charge in [-0.2, -0.15) is 0 Å². The van der Waals surface area contributed by atoms with E-state index in [1.165, 1.54) is 4.88 Å². The summed E-state index contributed by atoms with van der Waals surface area (Å²) in [7, 11) is 0. The van der Waals surface area contributed by atoms with E-state index in [-0.39, 0.29) is 0 Å². The third-order valence-corrected chi connectivity index (χ3v) is 5.23. The minimum absolute atomic E-state index is 0.519. The molecule has 3 rings (SSSR count). The van der Waals surface area contributed by atoms with Gasteiger partial charge in [-0.3, -0.25) is 0 Å². The Morgan fingerprint density at radius 2 is 2.10 bits per heavy atom. The van der Waals surface area contributed by atoms with Crippen LogP contribution in [0, 0.1) is 4.77 Å². The van der Waals surface area contributed by atoms with Crippen molar-refractivity contribution < 1.29 is 0 Å². The van der Waals surface area contributed by atoms with Gasteiger partial charge in [0.25, 0.3) is 0 Å². The van der Waals surface area contributed by atoms with Crippen LogP contribution in [0.15, 0.2) is 18.3 Å². The minimum Gasteiger partial charge on any atom is -0.331 e. The highest BCUT2D eigenvalue weighted by Crippen LogP contribution is 2.28. The quantitative estimate of drug-likeness (QED) is 0.673. The molecular weight excluding hydrogens is 333 g/mol. The van der Waals surface area contributed by atoms with Crippen LogP contribution < -0.4 is 0 Å². The number of thiazole rings is 1. The van der Waals surface area contributed by atoms with Crippen LogP contribution in [-0.2, 0) is 13.0 Å². The maximum absolute atomic E-state index is 6.09. The van der Waals surface area contributed by atoms with Crippen LogP contribution in [0.2, 0.25) is 10.0 Å². The van der Waals surface area contributed by atoms with Crippen molar-refractivity contribution in [3.63, 3.8) is 0 Å². The van der Waals surface area contributed by atoms with Crippen molar-refractivity contribution >= 4 is 57.8 Å². The lowest BCUT2D eigenvalue weighted by atomic mass is 10.3. The smallest absolute Gasteiger partial charge is 0.178 e. The van der Waals surface area contributed by atoms with Gasteiger partial charge in [0, 0.05) is 11.1 Å². The van der Waals surface area contributed by atoms with E-state index in [4.69, 9.17) is 35.4 Å². The number of hydrogen-bond acceptors (Lipinski definition) is 3. The molecule has 0 fully saturated rings. The molecule has 0 saturated heterocycles. The Hall–Kier alpha value is -0.880. The number of fused-ring (bicyclic) bond motifs is 1. The largest absolute Gasteiger partial charge is 0.331 e. The van der Waals surface area contributed by atoms with Crippen molar-refractivity contribution in [2.45, 2.75) is 19.9 Å². The van der Waals surface area contributed by atoms with E-state index in [1.807, 2.05) is 16.8 Å². The van der Waals surface area contributed by atoms with Gasteiger partial charge in [0.05, 0.1) is 27.6 Å². The van der Waals surface area contributed by atoms with Gasteiger partial charge in [-0.25, -0.2) is 4.98 Å². The van der Waals surface area contributed by atoms with Crippen molar-refractivity contribution in [2.24, 2.45) is 0 Å². The number of aryl methyl sites for hydroxylation is 1. The van der Waals surface area contributed by atoms with Crippen LogP contribution in [0.4, 0.5) is 0 Å². The molecule has 0 saturated carbocycles. The monoisotopic (exact) mass is 343 g/mol. The average molecular weight is 344 g/mol.